The maximum atomic E-state index is 12.5. The van der Waals surface area contributed by atoms with Gasteiger partial charge in [-0.15, -0.1) is 0 Å². The minimum atomic E-state index is -4.42. The van der Waals surface area contributed by atoms with Gasteiger partial charge in [0.1, 0.15) is 6.04 Å². The molecule has 2 N–H and O–H groups in total. The molecule has 0 spiro atoms. The molecule has 2 aromatic rings. The third-order valence-corrected chi connectivity index (χ3v) is 3.56. The lowest BCUT2D eigenvalue weighted by Gasteiger charge is -2.13. The Kier molecular flexibility index (Phi) is 6.16. The molecule has 0 heterocycles. The van der Waals surface area contributed by atoms with Gasteiger partial charge < -0.3 is 10.4 Å². The van der Waals surface area contributed by atoms with E-state index < -0.39 is 29.7 Å². The number of hydrogen-bond donors (Lipinski definition) is 2. The van der Waals surface area contributed by atoms with Gasteiger partial charge >= 0.3 is 12.1 Å². The fourth-order valence-electron chi connectivity index (χ4n) is 2.22. The number of carboxylic acid groups (broad SMARTS) is 1. The molecule has 7 heteroatoms. The SMILES string of the molecule is O=C(C=Cc1ccc(C(F)(F)F)cc1)N[C@@H](Cc1ccccc1)C(=O)O. The van der Waals surface area contributed by atoms with E-state index in [1.807, 2.05) is 0 Å². The predicted octanol–water partition coefficient (Wildman–Crippen LogP) is 3.53. The van der Waals surface area contributed by atoms with Crippen molar-refractivity contribution in [3.63, 3.8) is 0 Å². The van der Waals surface area contributed by atoms with Crippen molar-refractivity contribution in [1.82, 2.24) is 5.32 Å². The van der Waals surface area contributed by atoms with Gasteiger partial charge in [-0.05, 0) is 29.3 Å². The highest BCUT2D eigenvalue weighted by atomic mass is 19.4. The van der Waals surface area contributed by atoms with Crippen LogP contribution in [0.3, 0.4) is 0 Å². The molecule has 0 saturated heterocycles. The Morgan fingerprint density at radius 3 is 2.19 bits per heavy atom. The summed E-state index contributed by atoms with van der Waals surface area (Å²) < 4.78 is 37.5. The summed E-state index contributed by atoms with van der Waals surface area (Å²) in [6, 6.07) is 12.0. The van der Waals surface area contributed by atoms with Crippen molar-refractivity contribution in [3.05, 3.63) is 77.4 Å². The van der Waals surface area contributed by atoms with Crippen LogP contribution in [0.2, 0.25) is 0 Å². The predicted molar refractivity (Wildman–Crippen MR) is 90.2 cm³/mol. The number of nitrogens with one attached hydrogen (secondary N) is 1. The topological polar surface area (TPSA) is 66.4 Å². The van der Waals surface area contributed by atoms with Gasteiger partial charge in [0.15, 0.2) is 0 Å². The summed E-state index contributed by atoms with van der Waals surface area (Å²) in [5.74, 6) is -1.82. The molecule has 4 nitrogen and oxygen atoms in total. The largest absolute Gasteiger partial charge is 0.480 e. The van der Waals surface area contributed by atoms with Crippen LogP contribution in [0.25, 0.3) is 6.08 Å². The lowest BCUT2D eigenvalue weighted by atomic mass is 10.1. The van der Waals surface area contributed by atoms with Crippen LogP contribution in [0.1, 0.15) is 16.7 Å². The number of amides is 1. The molecule has 0 aliphatic rings. The zero-order valence-electron chi connectivity index (χ0n) is 13.5. The average Bonchev–Trinajstić information content (AvgIpc) is 2.60. The normalized spacial score (nSPS) is 12.7. The van der Waals surface area contributed by atoms with Gasteiger partial charge in [0.2, 0.25) is 5.91 Å². The molecule has 0 saturated carbocycles. The van der Waals surface area contributed by atoms with Crippen LogP contribution in [0.5, 0.6) is 0 Å². The Labute approximate surface area is 148 Å². The minimum absolute atomic E-state index is 0.121. The maximum absolute atomic E-state index is 12.5. The summed E-state index contributed by atoms with van der Waals surface area (Å²) in [5, 5.41) is 11.6. The molecule has 2 aromatic carbocycles. The first-order valence-corrected chi connectivity index (χ1v) is 7.68. The molecule has 0 aliphatic carbocycles. The lowest BCUT2D eigenvalue weighted by Crippen LogP contribution is -2.41. The molecule has 1 atom stereocenters. The van der Waals surface area contributed by atoms with Crippen LogP contribution in [0.4, 0.5) is 13.2 Å². The van der Waals surface area contributed by atoms with E-state index in [2.05, 4.69) is 5.32 Å². The van der Waals surface area contributed by atoms with Crippen LogP contribution in [-0.2, 0) is 22.2 Å². The zero-order valence-corrected chi connectivity index (χ0v) is 13.5. The van der Waals surface area contributed by atoms with Gasteiger partial charge in [-0.2, -0.15) is 13.2 Å². The standard InChI is InChI=1S/C19H16F3NO3/c20-19(21,22)15-9-6-13(7-10-15)8-11-17(24)23-16(18(25)26)12-14-4-2-1-3-5-14/h1-11,16H,12H2,(H,23,24)(H,25,26)/t16-/m0/s1. The minimum Gasteiger partial charge on any atom is -0.480 e. The monoisotopic (exact) mass is 363 g/mol. The first-order valence-electron chi connectivity index (χ1n) is 7.68. The summed E-state index contributed by atoms with van der Waals surface area (Å²) >= 11 is 0. The molecule has 0 radical (unpaired) electrons. The Balaban J connectivity index is 1.99. The number of hydrogen-bond acceptors (Lipinski definition) is 2. The van der Waals surface area contributed by atoms with E-state index in [0.29, 0.717) is 5.56 Å². The number of alkyl halides is 3. The van der Waals surface area contributed by atoms with Gasteiger partial charge in [0, 0.05) is 12.5 Å². The van der Waals surface area contributed by atoms with E-state index in [0.717, 1.165) is 23.8 Å². The molecule has 26 heavy (non-hydrogen) atoms. The van der Waals surface area contributed by atoms with Crippen molar-refractivity contribution >= 4 is 18.0 Å². The fourth-order valence-corrected chi connectivity index (χ4v) is 2.22. The first kappa shape index (κ1) is 19.2. The number of rotatable bonds is 6. The molecule has 0 fully saturated rings. The van der Waals surface area contributed by atoms with Gasteiger partial charge in [-0.3, -0.25) is 4.79 Å². The van der Waals surface area contributed by atoms with Crippen molar-refractivity contribution in [1.29, 1.82) is 0 Å². The Bertz CT molecular complexity index is 784. The molecular formula is C19H16F3NO3. The van der Waals surface area contributed by atoms with Crippen molar-refractivity contribution in [3.8, 4) is 0 Å². The van der Waals surface area contributed by atoms with Crippen molar-refractivity contribution < 1.29 is 27.9 Å². The number of carbonyl (C=O) groups excluding carboxylic acids is 1. The summed E-state index contributed by atoms with van der Waals surface area (Å²) in [6.07, 6.45) is -1.90. The number of aliphatic carboxylic acids is 1. The quantitative estimate of drug-likeness (QED) is 0.772. The van der Waals surface area contributed by atoms with Crippen molar-refractivity contribution in [2.75, 3.05) is 0 Å². The average molecular weight is 363 g/mol. The maximum Gasteiger partial charge on any atom is 0.416 e. The third-order valence-electron chi connectivity index (χ3n) is 3.56. The van der Waals surface area contributed by atoms with E-state index >= 15 is 0 Å². The van der Waals surface area contributed by atoms with E-state index in [1.54, 1.807) is 30.3 Å². The van der Waals surface area contributed by atoms with Crippen LogP contribution < -0.4 is 5.32 Å². The second-order valence-corrected chi connectivity index (χ2v) is 5.54. The number of benzene rings is 2. The molecule has 0 unspecified atom stereocenters. The molecule has 0 aliphatic heterocycles. The first-order chi connectivity index (χ1) is 12.3. The second-order valence-electron chi connectivity index (χ2n) is 5.54. The summed E-state index contributed by atoms with van der Waals surface area (Å²) in [5.41, 5.74) is 0.364. The Morgan fingerprint density at radius 2 is 1.65 bits per heavy atom. The van der Waals surface area contributed by atoms with Gasteiger partial charge in [0.25, 0.3) is 0 Å². The van der Waals surface area contributed by atoms with E-state index in [4.69, 9.17) is 0 Å². The fraction of sp³-hybridized carbons (Fsp3) is 0.158. The highest BCUT2D eigenvalue weighted by Gasteiger charge is 2.29. The molecule has 2 rings (SSSR count). The van der Waals surface area contributed by atoms with Crippen LogP contribution >= 0.6 is 0 Å². The third kappa shape index (κ3) is 5.77. The Morgan fingerprint density at radius 1 is 1.04 bits per heavy atom. The number of carboxylic acids is 1. The van der Waals surface area contributed by atoms with E-state index in [-0.39, 0.29) is 6.42 Å². The molecule has 1 amide bonds. The van der Waals surface area contributed by atoms with E-state index in [1.165, 1.54) is 18.2 Å². The van der Waals surface area contributed by atoms with Crippen LogP contribution in [0.15, 0.2) is 60.7 Å². The van der Waals surface area contributed by atoms with Gasteiger partial charge in [-0.25, -0.2) is 4.79 Å². The zero-order chi connectivity index (χ0) is 19.2. The highest BCUT2D eigenvalue weighted by Crippen LogP contribution is 2.29. The summed E-state index contributed by atoms with van der Waals surface area (Å²) in [4.78, 5) is 23.2. The van der Waals surface area contributed by atoms with Crippen LogP contribution in [-0.4, -0.2) is 23.0 Å². The molecule has 136 valence electrons. The number of halogens is 3. The van der Waals surface area contributed by atoms with Gasteiger partial charge in [0.05, 0.1) is 5.56 Å². The smallest absolute Gasteiger partial charge is 0.416 e. The highest BCUT2D eigenvalue weighted by molar-refractivity contribution is 5.94. The van der Waals surface area contributed by atoms with Crippen molar-refractivity contribution in [2.45, 2.75) is 18.6 Å². The Hall–Kier alpha value is -3.09. The summed E-state index contributed by atoms with van der Waals surface area (Å²) in [7, 11) is 0. The van der Waals surface area contributed by atoms with Crippen molar-refractivity contribution in [2.24, 2.45) is 0 Å². The van der Waals surface area contributed by atoms with E-state index in [9.17, 15) is 27.9 Å². The number of carbonyl (C=O) groups is 2. The summed E-state index contributed by atoms with van der Waals surface area (Å²) in [6.45, 7) is 0. The molecular weight excluding hydrogens is 347 g/mol. The molecule has 0 bridgehead atoms. The molecule has 0 aromatic heterocycles. The lowest BCUT2D eigenvalue weighted by molar-refractivity contribution is -0.141. The second kappa shape index (κ2) is 8.33. The van der Waals surface area contributed by atoms with Crippen LogP contribution in [0, 0.1) is 0 Å². The van der Waals surface area contributed by atoms with Gasteiger partial charge in [-0.1, -0.05) is 42.5 Å².